The molecule has 6 rings (SSSR count). The number of carbonyl (C=O) groups excluding carboxylic acids is 1. The predicted octanol–water partition coefficient (Wildman–Crippen LogP) is 1.39. The van der Waals surface area contributed by atoms with Crippen molar-refractivity contribution in [3.8, 4) is 11.5 Å². The number of ketones is 1. The fraction of sp³-hybridized carbons (Fsp3) is 0.550. The number of allylic oxidation sites excluding steroid dienone is 1. The van der Waals surface area contributed by atoms with Crippen LogP contribution in [-0.4, -0.2) is 49.7 Å². The van der Waals surface area contributed by atoms with E-state index in [0.29, 0.717) is 12.0 Å². The predicted molar refractivity (Wildman–Crippen MR) is 89.4 cm³/mol. The first kappa shape index (κ1) is 14.3. The smallest absolute Gasteiger partial charge is 0.161 e. The van der Waals surface area contributed by atoms with Gasteiger partial charge in [0, 0.05) is 29.5 Å². The van der Waals surface area contributed by atoms with Gasteiger partial charge in [0.2, 0.25) is 0 Å². The topological polar surface area (TPSA) is 80.8 Å². The summed E-state index contributed by atoms with van der Waals surface area (Å²) in [5.74, 6) is 0.375. The molecule has 0 radical (unpaired) electrons. The van der Waals surface area contributed by atoms with Gasteiger partial charge in [0.1, 0.15) is 5.60 Å². The number of benzene rings is 1. The van der Waals surface area contributed by atoms with Crippen LogP contribution in [0.3, 0.4) is 0 Å². The third-order valence-electron chi connectivity index (χ3n) is 7.49. The molecule has 0 amide bonds. The number of piperidine rings is 1. The minimum Gasteiger partial charge on any atom is -0.504 e. The highest BCUT2D eigenvalue weighted by molar-refractivity contribution is 5.94. The quantitative estimate of drug-likeness (QED) is 0.560. The number of nitrogens with zero attached hydrogens (tertiary/aromatic N) is 1. The van der Waals surface area contributed by atoms with Crippen molar-refractivity contribution in [3.05, 3.63) is 35.4 Å². The SMILES string of the molecule is O=C1C=C[C@@]2(O)C3N(CC4CC4)C34Cc3ccc(O)c(O)c3[C@]2(C1)C4. The van der Waals surface area contributed by atoms with Gasteiger partial charge in [-0.2, -0.15) is 0 Å². The molecule has 5 heteroatoms. The molecular weight excluding hydrogens is 318 g/mol. The van der Waals surface area contributed by atoms with Crippen molar-refractivity contribution in [1.29, 1.82) is 0 Å². The number of aliphatic hydroxyl groups is 1. The summed E-state index contributed by atoms with van der Waals surface area (Å²) in [7, 11) is 0. The number of aromatic hydroxyl groups is 2. The van der Waals surface area contributed by atoms with Crippen LogP contribution >= 0.6 is 0 Å². The Bertz CT molecular complexity index is 875. The summed E-state index contributed by atoms with van der Waals surface area (Å²) >= 11 is 0. The molecule has 1 aromatic carbocycles. The lowest BCUT2D eigenvalue weighted by atomic mass is 9.59. The van der Waals surface area contributed by atoms with Gasteiger partial charge < -0.3 is 15.3 Å². The maximum atomic E-state index is 12.3. The molecule has 130 valence electrons. The van der Waals surface area contributed by atoms with Crippen molar-refractivity contribution in [2.75, 3.05) is 6.54 Å². The fourth-order valence-electron chi connectivity index (χ4n) is 6.37. The molecule has 25 heavy (non-hydrogen) atoms. The molecule has 1 aromatic rings. The highest BCUT2D eigenvalue weighted by Crippen LogP contribution is 2.73. The highest BCUT2D eigenvalue weighted by Gasteiger charge is 2.84. The monoisotopic (exact) mass is 339 g/mol. The maximum Gasteiger partial charge on any atom is 0.161 e. The van der Waals surface area contributed by atoms with Crippen molar-refractivity contribution < 1.29 is 20.1 Å². The van der Waals surface area contributed by atoms with Gasteiger partial charge >= 0.3 is 0 Å². The van der Waals surface area contributed by atoms with Crippen LogP contribution in [0.5, 0.6) is 11.5 Å². The fourth-order valence-corrected chi connectivity index (χ4v) is 6.37. The van der Waals surface area contributed by atoms with Crippen molar-refractivity contribution in [3.63, 3.8) is 0 Å². The molecule has 3 unspecified atom stereocenters. The minimum absolute atomic E-state index is 0.00103. The molecule has 1 heterocycles. The van der Waals surface area contributed by atoms with Gasteiger partial charge in [-0.25, -0.2) is 0 Å². The zero-order valence-corrected chi connectivity index (χ0v) is 13.9. The number of phenols is 2. The molecule has 3 fully saturated rings. The Kier molecular flexibility index (Phi) is 2.26. The Morgan fingerprint density at radius 1 is 1.20 bits per heavy atom. The van der Waals surface area contributed by atoms with Crippen LogP contribution in [0.1, 0.15) is 36.8 Å². The van der Waals surface area contributed by atoms with E-state index in [1.165, 1.54) is 25.0 Å². The van der Waals surface area contributed by atoms with E-state index < -0.39 is 11.0 Å². The van der Waals surface area contributed by atoms with Crippen LogP contribution in [0.4, 0.5) is 0 Å². The van der Waals surface area contributed by atoms with Gasteiger partial charge in [-0.1, -0.05) is 6.07 Å². The number of fused-ring (bicyclic) bond motifs is 2. The second-order valence-electron chi connectivity index (χ2n) is 8.81. The number of hydrogen-bond acceptors (Lipinski definition) is 5. The Labute approximate surface area is 145 Å². The molecule has 0 aromatic heterocycles. The lowest BCUT2D eigenvalue weighted by molar-refractivity contribution is -0.120. The third kappa shape index (κ3) is 1.44. The van der Waals surface area contributed by atoms with Gasteiger partial charge in [0.05, 0.1) is 6.04 Å². The van der Waals surface area contributed by atoms with E-state index in [1.54, 1.807) is 6.08 Å². The van der Waals surface area contributed by atoms with Crippen LogP contribution in [0.2, 0.25) is 0 Å². The minimum atomic E-state index is -1.16. The maximum absolute atomic E-state index is 12.3. The second kappa shape index (κ2) is 3.94. The first-order valence-corrected chi connectivity index (χ1v) is 9.17. The van der Waals surface area contributed by atoms with E-state index in [4.69, 9.17) is 0 Å². The molecule has 1 saturated heterocycles. The lowest BCUT2D eigenvalue weighted by Crippen LogP contribution is -2.57. The van der Waals surface area contributed by atoms with Crippen LogP contribution in [-0.2, 0) is 16.6 Å². The summed E-state index contributed by atoms with van der Waals surface area (Å²) in [6, 6.07) is 3.37. The normalized spacial score (nSPS) is 45.7. The average molecular weight is 339 g/mol. The van der Waals surface area contributed by atoms with E-state index in [-0.39, 0.29) is 35.3 Å². The van der Waals surface area contributed by atoms with Gasteiger partial charge in [-0.15, -0.1) is 0 Å². The number of likely N-dealkylation sites (tertiary alicyclic amines) is 1. The molecule has 3 N–H and O–H groups in total. The molecular formula is C20H21NO4. The van der Waals surface area contributed by atoms with E-state index >= 15 is 0 Å². The van der Waals surface area contributed by atoms with Crippen molar-refractivity contribution in [2.24, 2.45) is 5.92 Å². The van der Waals surface area contributed by atoms with E-state index in [1.807, 2.05) is 6.07 Å². The summed E-state index contributed by atoms with van der Waals surface area (Å²) in [5.41, 5.74) is -0.532. The molecule has 5 nitrogen and oxygen atoms in total. The summed E-state index contributed by atoms with van der Waals surface area (Å²) < 4.78 is 0. The average Bonchev–Trinajstić information content (AvgIpc) is 3.46. The Morgan fingerprint density at radius 3 is 2.76 bits per heavy atom. The van der Waals surface area contributed by atoms with Crippen LogP contribution in [0, 0.1) is 5.92 Å². The van der Waals surface area contributed by atoms with Gasteiger partial charge in [-0.3, -0.25) is 9.69 Å². The summed E-state index contributed by atoms with van der Waals surface area (Å²) in [4.78, 5) is 14.7. The molecule has 2 bridgehead atoms. The van der Waals surface area contributed by atoms with Crippen molar-refractivity contribution >= 4 is 5.78 Å². The van der Waals surface area contributed by atoms with Gasteiger partial charge in [-0.05, 0) is 55.4 Å². The number of phenolic OH excluding ortho intramolecular Hbond substituents is 2. The van der Waals surface area contributed by atoms with Crippen LogP contribution in [0.15, 0.2) is 24.3 Å². The Balaban J connectivity index is 1.59. The van der Waals surface area contributed by atoms with Crippen LogP contribution in [0.25, 0.3) is 0 Å². The Morgan fingerprint density at radius 2 is 2.00 bits per heavy atom. The largest absolute Gasteiger partial charge is 0.504 e. The zero-order chi connectivity index (χ0) is 17.2. The Hall–Kier alpha value is -1.85. The molecule has 1 aliphatic heterocycles. The van der Waals surface area contributed by atoms with E-state index in [0.717, 1.165) is 24.4 Å². The lowest BCUT2D eigenvalue weighted by Gasteiger charge is -2.49. The molecule has 2 saturated carbocycles. The van der Waals surface area contributed by atoms with Crippen LogP contribution < -0.4 is 0 Å². The number of hydrogen-bond donors (Lipinski definition) is 3. The summed E-state index contributed by atoms with van der Waals surface area (Å²) in [6.45, 7) is 1.02. The zero-order valence-electron chi connectivity index (χ0n) is 13.9. The standard InChI is InChI=1S/C20H21NO4/c22-13-5-6-20(25)17-19(21(17)9-11-1-2-11)7-12-3-4-14(23)16(24)15(12)18(20,8-13)10-19/h3-6,11,17,23-25H,1-2,7-10H2/t17?,18-,19?,20+,21?/m0/s1. The summed E-state index contributed by atoms with van der Waals surface area (Å²) in [6.07, 6.45) is 7.35. The first-order chi connectivity index (χ1) is 11.9. The second-order valence-corrected chi connectivity index (χ2v) is 8.81. The highest BCUT2D eigenvalue weighted by atomic mass is 16.3. The number of carbonyl (C=O) groups is 1. The van der Waals surface area contributed by atoms with E-state index in [9.17, 15) is 20.1 Å². The first-order valence-electron chi connectivity index (χ1n) is 9.17. The van der Waals surface area contributed by atoms with Gasteiger partial charge in [0.15, 0.2) is 17.3 Å². The molecule has 4 aliphatic carbocycles. The van der Waals surface area contributed by atoms with Gasteiger partial charge in [0.25, 0.3) is 0 Å². The summed E-state index contributed by atoms with van der Waals surface area (Å²) in [5, 5.41) is 32.4. The third-order valence-corrected chi connectivity index (χ3v) is 7.49. The van der Waals surface area contributed by atoms with Crippen molar-refractivity contribution in [2.45, 2.75) is 54.7 Å². The van der Waals surface area contributed by atoms with E-state index in [2.05, 4.69) is 4.90 Å². The number of rotatable bonds is 2. The van der Waals surface area contributed by atoms with Crippen molar-refractivity contribution in [1.82, 2.24) is 4.90 Å². The molecule has 2 spiro atoms. The molecule has 5 aliphatic rings. The molecule has 5 atom stereocenters.